The molecule has 1 aromatic heterocycles. The van der Waals surface area contributed by atoms with Crippen molar-refractivity contribution in [3.8, 4) is 0 Å². The number of carbonyl (C=O) groups excluding carboxylic acids is 9. The Morgan fingerprint density at radius 3 is 1.49 bits per heavy atom. The normalized spacial score (nSPS) is 16.0. The third-order valence-electron chi connectivity index (χ3n) is 11.0. The zero-order valence-corrected chi connectivity index (χ0v) is 40.9. The first kappa shape index (κ1) is 61.1. The van der Waals surface area contributed by atoms with Gasteiger partial charge in [0.1, 0.15) is 48.3 Å². The van der Waals surface area contributed by atoms with Gasteiger partial charge in [-0.15, -0.1) is 0 Å². The molecule has 0 fully saturated rings. The highest BCUT2D eigenvalue weighted by Crippen LogP contribution is 2.12. The number of imidazole rings is 1. The summed E-state index contributed by atoms with van der Waals surface area (Å²) in [6, 6.07) is -13.5. The van der Waals surface area contributed by atoms with Crippen LogP contribution in [0.15, 0.2) is 12.5 Å². The first-order chi connectivity index (χ1) is 32.5. The van der Waals surface area contributed by atoms with Gasteiger partial charge in [0, 0.05) is 18.3 Å². The Bertz CT molecular complexity index is 1880. The van der Waals surface area contributed by atoms with E-state index in [-0.39, 0.29) is 36.9 Å². The summed E-state index contributed by atoms with van der Waals surface area (Å²) in [5.41, 5.74) is 11.9. The van der Waals surface area contributed by atoms with Crippen LogP contribution in [0, 0.1) is 17.8 Å². The van der Waals surface area contributed by atoms with E-state index in [1.165, 1.54) is 24.3 Å². The molecule has 0 saturated heterocycles. The van der Waals surface area contributed by atoms with E-state index in [9.17, 15) is 68.4 Å². The average Bonchev–Trinajstić information content (AvgIpc) is 3.82. The fourth-order valence-electron chi connectivity index (χ4n) is 6.37. The molecule has 11 atom stereocenters. The molecule has 1 rings (SSSR count). The van der Waals surface area contributed by atoms with Crippen LogP contribution in [0.5, 0.6) is 0 Å². The Balaban J connectivity index is 3.23. The standard InChI is InChI=1S/C42H72N12O14S/c1-8-21(5)32(44)40(65)49-25(13-23-15-45-19-46-23)35(60)51-28(16-55)37(62)47-24(10-11-69-7)34(59)48-26(14-31(43)58)36(61)52-29(17-56)38(63)53-30(18-57)39(64)54-33(22(6)9-2)41(66)50-27(42(67)68)12-20(3)4/h15,19-22,24-30,32-33,55-57H,8-14,16-18,44H2,1-7H3,(H2,43,58)(H,45,46)(H,47,62)(H,48,59)(H,49,65)(H,50,66)(H,51,60)(H,52,61)(H,53,63)(H,54,64)(H,67,68)/t21-,22-,24-,25-,26-,27-,28-,29-,30-,32-,33-/m0/s1. The maximum Gasteiger partial charge on any atom is 0.326 e. The molecular weight excluding hydrogens is 929 g/mol. The molecule has 9 amide bonds. The van der Waals surface area contributed by atoms with Crippen molar-refractivity contribution < 1.29 is 68.4 Å². The number of amides is 9. The number of aliphatic carboxylic acids is 1. The second kappa shape index (κ2) is 31.3. The van der Waals surface area contributed by atoms with Crippen molar-refractivity contribution in [3.63, 3.8) is 0 Å². The smallest absolute Gasteiger partial charge is 0.326 e. The van der Waals surface area contributed by atoms with Crippen LogP contribution < -0.4 is 54.0 Å². The van der Waals surface area contributed by atoms with Gasteiger partial charge in [0.05, 0.1) is 38.6 Å². The van der Waals surface area contributed by atoms with Gasteiger partial charge >= 0.3 is 5.97 Å². The van der Waals surface area contributed by atoms with Gasteiger partial charge in [0.25, 0.3) is 0 Å². The van der Waals surface area contributed by atoms with Crippen molar-refractivity contribution in [2.45, 2.75) is 134 Å². The molecule has 69 heavy (non-hydrogen) atoms. The van der Waals surface area contributed by atoms with Crippen LogP contribution in [0.4, 0.5) is 0 Å². The number of aromatic amines is 1. The quantitative estimate of drug-likeness (QED) is 0.0313. The first-order valence-electron chi connectivity index (χ1n) is 22.5. The van der Waals surface area contributed by atoms with Gasteiger partial charge in [-0.25, -0.2) is 9.78 Å². The second-order valence-electron chi connectivity index (χ2n) is 17.0. The molecule has 1 heterocycles. The summed E-state index contributed by atoms with van der Waals surface area (Å²) in [4.78, 5) is 138. The van der Waals surface area contributed by atoms with E-state index >= 15 is 0 Å². The number of carbonyl (C=O) groups is 10. The van der Waals surface area contributed by atoms with E-state index in [0.717, 1.165) is 0 Å². The van der Waals surface area contributed by atoms with Crippen LogP contribution in [-0.2, 0) is 54.4 Å². The number of carboxylic acid groups (broad SMARTS) is 1. The van der Waals surface area contributed by atoms with Gasteiger partial charge in [0.2, 0.25) is 53.2 Å². The van der Waals surface area contributed by atoms with E-state index in [1.807, 2.05) is 6.92 Å². The Morgan fingerprint density at radius 1 is 0.623 bits per heavy atom. The van der Waals surface area contributed by atoms with Crippen molar-refractivity contribution in [2.75, 3.05) is 31.8 Å². The lowest BCUT2D eigenvalue weighted by atomic mass is 9.96. The number of aliphatic hydroxyl groups is 3. The molecule has 0 aromatic carbocycles. The van der Waals surface area contributed by atoms with E-state index in [0.29, 0.717) is 18.5 Å². The number of rotatable bonds is 33. The minimum atomic E-state index is -1.87. The van der Waals surface area contributed by atoms with Crippen molar-refractivity contribution in [3.05, 3.63) is 18.2 Å². The predicted octanol–water partition coefficient (Wildman–Crippen LogP) is -5.01. The number of aliphatic hydroxyl groups excluding tert-OH is 3. The third-order valence-corrected chi connectivity index (χ3v) is 11.7. The monoisotopic (exact) mass is 1000 g/mol. The first-order valence-corrected chi connectivity index (χ1v) is 23.9. The Kier molecular flexibility index (Phi) is 27.7. The molecule has 17 N–H and O–H groups in total. The fourth-order valence-corrected chi connectivity index (χ4v) is 6.85. The summed E-state index contributed by atoms with van der Waals surface area (Å²) < 4.78 is 0. The SMILES string of the molecule is CC[C@H](C)[C@H](N)C(=O)N[C@@H](Cc1cnc[nH]1)C(=O)N[C@@H](CO)C(=O)N[C@@H](CCSC)C(=O)N[C@@H](CC(N)=O)C(=O)N[C@@H](CO)C(=O)N[C@@H](CO)C(=O)N[C@H](C(=O)N[C@@H](CC(C)C)C(=O)O)[C@@H](C)CC. The Hall–Kier alpha value is -5.90. The number of H-pyrrole nitrogens is 1. The van der Waals surface area contributed by atoms with Crippen molar-refractivity contribution in [2.24, 2.45) is 29.2 Å². The minimum Gasteiger partial charge on any atom is -0.480 e. The number of hydrogen-bond donors (Lipinski definition) is 15. The molecule has 27 heteroatoms. The highest BCUT2D eigenvalue weighted by molar-refractivity contribution is 7.98. The number of primary amides is 1. The topological polar surface area (TPSA) is 429 Å². The molecule has 0 aliphatic rings. The lowest BCUT2D eigenvalue weighted by Crippen LogP contribution is -2.62. The summed E-state index contributed by atoms with van der Waals surface area (Å²) in [5, 5.41) is 58.7. The summed E-state index contributed by atoms with van der Waals surface area (Å²) in [6.45, 7) is 7.29. The molecular formula is C42H72N12O14S. The number of nitrogens with two attached hydrogens (primary N) is 2. The molecule has 0 saturated carbocycles. The maximum atomic E-state index is 13.7. The molecule has 390 valence electrons. The molecule has 1 aromatic rings. The highest BCUT2D eigenvalue weighted by atomic mass is 32.2. The van der Waals surface area contributed by atoms with E-state index in [1.54, 1.807) is 40.9 Å². The molecule has 0 aliphatic carbocycles. The van der Waals surface area contributed by atoms with Crippen molar-refractivity contribution in [1.82, 2.24) is 52.5 Å². The number of aromatic nitrogens is 2. The Labute approximate surface area is 404 Å². The molecule has 0 bridgehead atoms. The van der Waals surface area contributed by atoms with Gasteiger partial charge in [-0.1, -0.05) is 54.4 Å². The van der Waals surface area contributed by atoms with Gasteiger partial charge in [-0.3, -0.25) is 43.2 Å². The van der Waals surface area contributed by atoms with Gasteiger partial charge in [-0.05, 0) is 42.6 Å². The lowest BCUT2D eigenvalue weighted by molar-refractivity contribution is -0.143. The maximum absolute atomic E-state index is 13.7. The van der Waals surface area contributed by atoms with Gasteiger partial charge in [0.15, 0.2) is 0 Å². The molecule has 0 spiro atoms. The summed E-state index contributed by atoms with van der Waals surface area (Å²) in [5.74, 6) is -11.1. The number of nitrogens with one attached hydrogen (secondary N) is 9. The van der Waals surface area contributed by atoms with Crippen LogP contribution in [0.2, 0.25) is 0 Å². The third kappa shape index (κ3) is 21.1. The molecule has 26 nitrogen and oxygen atoms in total. The van der Waals surface area contributed by atoms with Crippen molar-refractivity contribution >= 4 is 70.9 Å². The van der Waals surface area contributed by atoms with E-state index in [2.05, 4.69) is 52.5 Å². The number of carboxylic acids is 1. The van der Waals surface area contributed by atoms with Crippen LogP contribution in [0.3, 0.4) is 0 Å². The van der Waals surface area contributed by atoms with Crippen LogP contribution in [0.25, 0.3) is 0 Å². The van der Waals surface area contributed by atoms with Gasteiger partial charge in [-0.2, -0.15) is 11.8 Å². The second-order valence-corrected chi connectivity index (χ2v) is 17.9. The zero-order valence-electron chi connectivity index (χ0n) is 40.0. The number of hydrogen-bond acceptors (Lipinski definition) is 16. The average molecular weight is 1000 g/mol. The molecule has 0 aliphatic heterocycles. The zero-order chi connectivity index (χ0) is 52.5. The van der Waals surface area contributed by atoms with Crippen molar-refractivity contribution in [1.29, 1.82) is 0 Å². The van der Waals surface area contributed by atoms with Crippen LogP contribution >= 0.6 is 11.8 Å². The predicted molar refractivity (Wildman–Crippen MR) is 250 cm³/mol. The van der Waals surface area contributed by atoms with Crippen LogP contribution in [-0.4, -0.2) is 176 Å². The lowest BCUT2D eigenvalue weighted by Gasteiger charge is -2.28. The van der Waals surface area contributed by atoms with Crippen LogP contribution in [0.1, 0.15) is 79.3 Å². The van der Waals surface area contributed by atoms with E-state index in [4.69, 9.17) is 11.5 Å². The summed E-state index contributed by atoms with van der Waals surface area (Å²) in [7, 11) is 0. The van der Waals surface area contributed by atoms with E-state index < -0.39 is 146 Å². The highest BCUT2D eigenvalue weighted by Gasteiger charge is 2.36. The molecule has 0 radical (unpaired) electrons. The fraction of sp³-hybridized carbons (Fsp3) is 0.690. The number of nitrogens with zero attached hydrogens (tertiary/aromatic N) is 1. The Morgan fingerprint density at radius 2 is 1.06 bits per heavy atom. The number of thioether (sulfide) groups is 1. The summed E-state index contributed by atoms with van der Waals surface area (Å²) >= 11 is 1.26. The largest absolute Gasteiger partial charge is 0.480 e. The minimum absolute atomic E-state index is 0.0888. The van der Waals surface area contributed by atoms with Gasteiger partial charge < -0.3 is 79.4 Å². The molecule has 0 unspecified atom stereocenters. The summed E-state index contributed by atoms with van der Waals surface area (Å²) in [6.07, 6.45) is 4.39.